The predicted molar refractivity (Wildman–Crippen MR) is 182 cm³/mol. The molecule has 3 heterocycles. The molecule has 274 valence electrons. The van der Waals surface area contributed by atoms with Gasteiger partial charge >= 0.3 is 41.5 Å². The number of amides is 2. The second kappa shape index (κ2) is 17.1. The number of hydrogen-bond acceptors (Lipinski definition) is 18. The molecule has 4 aromatic rings. The summed E-state index contributed by atoms with van der Waals surface area (Å²) in [5, 5.41) is 18.5. The molecule has 1 aliphatic rings. The molecule has 53 heavy (non-hydrogen) atoms. The SMILES string of the molecule is CC(=O)OC(Sc1nnnn1C)[C@H]1[C@@H](NC(=O)C(=NOC(C)(C)C(=O)OC(c2ccccc2)c2ccccc2)c2csc(N)n2)C(=O)N1S(=O)(=O)[O-].[Na+]. The molecule has 1 saturated heterocycles. The molecular formula is C30H30N9NaO10S3. The van der Waals surface area contributed by atoms with E-state index in [-0.39, 0.29) is 49.8 Å². The Labute approximate surface area is 332 Å². The van der Waals surface area contributed by atoms with Gasteiger partial charge in [0.05, 0.1) is 0 Å². The van der Waals surface area contributed by atoms with Gasteiger partial charge in [-0.1, -0.05) is 65.8 Å². The number of esters is 2. The van der Waals surface area contributed by atoms with Crippen molar-refractivity contribution in [3.05, 3.63) is 82.9 Å². The van der Waals surface area contributed by atoms with Gasteiger partial charge in [0.15, 0.2) is 32.7 Å². The number of ether oxygens (including phenoxy) is 2. The standard InChI is InChI=1S/C30H31N9O10S3.Na/c1-16(40)47-26(51-29-34-36-37-38(29)4)22-21(25(42)39(22)52(44,45)46)33-24(41)20(19-15-50-28(31)32-19)35-49-30(2,3)27(43)48-23(17-11-7-5-8-12-17)18-13-9-6-10-14-18;/h5-15,21-23,26H,1-4H3,(H2,31,32)(H,33,41)(H,44,45,46);/q;+1/p-1/t21-,22-,26?;/m1./s1. The number of β-lactam (4-membered cyclic amide) rings is 1. The molecule has 2 amide bonds. The summed E-state index contributed by atoms with van der Waals surface area (Å²) in [6.07, 6.45) is -0.829. The number of tetrazole rings is 1. The molecule has 1 aliphatic heterocycles. The maximum absolute atomic E-state index is 13.8. The van der Waals surface area contributed by atoms with Crippen LogP contribution in [0.25, 0.3) is 0 Å². The topological polar surface area (TPSA) is 263 Å². The third kappa shape index (κ3) is 9.76. The van der Waals surface area contributed by atoms with E-state index in [1.165, 1.54) is 26.3 Å². The zero-order chi connectivity index (χ0) is 37.8. The van der Waals surface area contributed by atoms with Gasteiger partial charge in [-0.15, -0.1) is 16.4 Å². The fourth-order valence-electron chi connectivity index (χ4n) is 4.75. The number of oxime groups is 1. The van der Waals surface area contributed by atoms with E-state index in [1.54, 1.807) is 48.5 Å². The molecule has 5 rings (SSSR count). The number of carbonyl (C=O) groups excluding carboxylic acids is 4. The maximum Gasteiger partial charge on any atom is 1.00 e. The van der Waals surface area contributed by atoms with Crippen LogP contribution in [0, 0.1) is 0 Å². The zero-order valence-electron chi connectivity index (χ0n) is 28.7. The van der Waals surface area contributed by atoms with Crippen LogP contribution >= 0.6 is 23.1 Å². The molecule has 2 aromatic heterocycles. The summed E-state index contributed by atoms with van der Waals surface area (Å²) in [5.74, 6) is -4.27. The first-order valence-electron chi connectivity index (χ1n) is 15.0. The van der Waals surface area contributed by atoms with Crippen molar-refractivity contribution in [3.63, 3.8) is 0 Å². The van der Waals surface area contributed by atoms with Crippen LogP contribution in [-0.4, -0.2) is 95.1 Å². The quantitative estimate of drug-likeness (QED) is 0.0203. The smallest absolute Gasteiger partial charge is 0.731 e. The normalized spacial score (nSPS) is 16.6. The number of nitrogens with one attached hydrogen (secondary N) is 1. The van der Waals surface area contributed by atoms with Crippen molar-refractivity contribution < 1.29 is 76.0 Å². The number of nitrogens with zero attached hydrogens (tertiary/aromatic N) is 7. The molecule has 19 nitrogen and oxygen atoms in total. The predicted octanol–water partition coefficient (Wildman–Crippen LogP) is -2.08. The van der Waals surface area contributed by atoms with Crippen LogP contribution in [0.1, 0.15) is 43.7 Å². The Kier molecular flexibility index (Phi) is 13.4. The van der Waals surface area contributed by atoms with Crippen molar-refractivity contribution in [2.75, 3.05) is 5.73 Å². The average molecular weight is 796 g/mol. The molecule has 0 aliphatic carbocycles. The van der Waals surface area contributed by atoms with Gasteiger partial charge in [-0.25, -0.2) is 27.2 Å². The number of hydrogen-bond donors (Lipinski definition) is 2. The summed E-state index contributed by atoms with van der Waals surface area (Å²) < 4.78 is 48.7. The van der Waals surface area contributed by atoms with Gasteiger partial charge in [0.1, 0.15) is 17.8 Å². The summed E-state index contributed by atoms with van der Waals surface area (Å²) in [5.41, 5.74) is 3.01. The van der Waals surface area contributed by atoms with Crippen molar-refractivity contribution in [2.45, 2.75) is 55.2 Å². The van der Waals surface area contributed by atoms with Crippen molar-refractivity contribution >= 4 is 68.0 Å². The van der Waals surface area contributed by atoms with Gasteiger partial charge in [0.2, 0.25) is 10.8 Å². The van der Waals surface area contributed by atoms with Gasteiger partial charge < -0.3 is 29.9 Å². The van der Waals surface area contributed by atoms with E-state index in [0.717, 1.165) is 22.9 Å². The first-order chi connectivity index (χ1) is 24.6. The molecule has 0 radical (unpaired) electrons. The second-order valence-electron chi connectivity index (χ2n) is 11.4. The van der Waals surface area contributed by atoms with Crippen molar-refractivity contribution in [1.29, 1.82) is 0 Å². The van der Waals surface area contributed by atoms with E-state index in [0.29, 0.717) is 22.9 Å². The van der Waals surface area contributed by atoms with Gasteiger partial charge in [0, 0.05) is 19.4 Å². The number of carbonyl (C=O) groups is 4. The number of benzene rings is 2. The number of nitrogens with two attached hydrogens (primary N) is 1. The minimum atomic E-state index is -5.48. The number of anilines is 1. The average Bonchev–Trinajstić information content (AvgIpc) is 3.71. The van der Waals surface area contributed by atoms with Crippen LogP contribution in [0.2, 0.25) is 0 Å². The number of aryl methyl sites for hydroxylation is 1. The van der Waals surface area contributed by atoms with E-state index >= 15 is 0 Å². The summed E-state index contributed by atoms with van der Waals surface area (Å²) in [7, 11) is -4.04. The maximum atomic E-state index is 13.8. The Morgan fingerprint density at radius 2 is 1.68 bits per heavy atom. The van der Waals surface area contributed by atoms with Crippen LogP contribution in [-0.2, 0) is 50.8 Å². The van der Waals surface area contributed by atoms with Gasteiger partial charge in [0.25, 0.3) is 11.8 Å². The third-order valence-corrected chi connectivity index (χ3v) is 10.00. The Morgan fingerprint density at radius 3 is 2.17 bits per heavy atom. The molecule has 0 spiro atoms. The van der Waals surface area contributed by atoms with Crippen LogP contribution in [0.15, 0.2) is 76.4 Å². The third-order valence-electron chi connectivity index (χ3n) is 7.25. The summed E-state index contributed by atoms with van der Waals surface area (Å²) >= 11 is 1.55. The Hall–Kier alpha value is -4.45. The van der Waals surface area contributed by atoms with Crippen molar-refractivity contribution in [1.82, 2.24) is 34.8 Å². The molecule has 23 heteroatoms. The van der Waals surface area contributed by atoms with Crippen LogP contribution in [0.3, 0.4) is 0 Å². The first-order valence-corrected chi connectivity index (χ1v) is 18.1. The monoisotopic (exact) mass is 795 g/mol. The van der Waals surface area contributed by atoms with Gasteiger partial charge in [-0.05, 0) is 47.2 Å². The fourth-order valence-corrected chi connectivity index (χ4v) is 7.32. The fraction of sp³-hybridized carbons (Fsp3) is 0.300. The Balaban J connectivity index is 0.00000627. The number of thioether (sulfide) groups is 1. The van der Waals surface area contributed by atoms with E-state index in [9.17, 15) is 32.1 Å². The second-order valence-corrected chi connectivity index (χ2v) is 14.6. The molecule has 1 fully saturated rings. The first kappa shape index (κ1) is 41.3. The van der Waals surface area contributed by atoms with Gasteiger partial charge in [-0.2, -0.15) is 0 Å². The van der Waals surface area contributed by atoms with E-state index in [4.69, 9.17) is 20.0 Å². The molecule has 1 unspecified atom stereocenters. The molecule has 0 saturated carbocycles. The van der Waals surface area contributed by atoms with E-state index in [1.807, 2.05) is 12.1 Å². The number of thiazole rings is 1. The van der Waals surface area contributed by atoms with Gasteiger partial charge in [-0.3, -0.25) is 14.4 Å². The molecule has 3 N–H and O–H groups in total. The summed E-state index contributed by atoms with van der Waals surface area (Å²) in [6, 6.07) is 14.4. The molecular weight excluding hydrogens is 766 g/mol. The van der Waals surface area contributed by atoms with Crippen LogP contribution < -0.4 is 40.6 Å². The molecule has 0 bridgehead atoms. The van der Waals surface area contributed by atoms with Crippen molar-refractivity contribution in [3.8, 4) is 0 Å². The molecule has 3 atom stereocenters. The van der Waals surface area contributed by atoms with Crippen LogP contribution in [0.4, 0.5) is 5.13 Å². The number of rotatable bonds is 14. The van der Waals surface area contributed by atoms with Crippen LogP contribution in [0.5, 0.6) is 0 Å². The van der Waals surface area contributed by atoms with E-state index in [2.05, 4.69) is 31.0 Å². The number of aromatic nitrogens is 5. The zero-order valence-corrected chi connectivity index (χ0v) is 33.1. The largest absolute Gasteiger partial charge is 1.00 e. The number of nitrogen functional groups attached to an aromatic ring is 1. The molecule has 2 aromatic carbocycles. The van der Waals surface area contributed by atoms with Crippen molar-refractivity contribution in [2.24, 2.45) is 12.2 Å². The minimum Gasteiger partial charge on any atom is -0.731 e. The van der Waals surface area contributed by atoms with E-state index < -0.39 is 69.0 Å². The summed E-state index contributed by atoms with van der Waals surface area (Å²) in [4.78, 5) is 62.1. The Morgan fingerprint density at radius 1 is 1.08 bits per heavy atom. The minimum absolute atomic E-state index is 0. The summed E-state index contributed by atoms with van der Waals surface area (Å²) in [6.45, 7) is 3.71. The Bertz CT molecular complexity index is 2060.